The molecule has 158 valence electrons. The molecule has 1 amide bonds. The van der Waals surface area contributed by atoms with Gasteiger partial charge in [0.2, 0.25) is 0 Å². The number of para-hydroxylation sites is 1. The summed E-state index contributed by atoms with van der Waals surface area (Å²) in [5, 5.41) is 2.77. The van der Waals surface area contributed by atoms with Crippen LogP contribution in [-0.2, 0) is 15.0 Å². The fraction of sp³-hybridized carbons (Fsp3) is 0.364. The van der Waals surface area contributed by atoms with Crippen molar-refractivity contribution in [3.63, 3.8) is 0 Å². The highest BCUT2D eigenvalue weighted by molar-refractivity contribution is 7.82. The number of nitrogens with zero attached hydrogens (tertiary/aromatic N) is 2. The topological polar surface area (TPSA) is 61.9 Å². The number of rotatable bonds is 5. The van der Waals surface area contributed by atoms with E-state index in [1.807, 2.05) is 48.3 Å². The van der Waals surface area contributed by atoms with Crippen molar-refractivity contribution in [3.8, 4) is 5.75 Å². The number of fused-ring (bicyclic) bond motifs is 3. The van der Waals surface area contributed by atoms with Crippen molar-refractivity contribution >= 4 is 43.1 Å². The van der Waals surface area contributed by atoms with Crippen molar-refractivity contribution in [3.05, 3.63) is 59.7 Å². The zero-order valence-electron chi connectivity index (χ0n) is 17.1. The molecule has 8 heteroatoms. The van der Waals surface area contributed by atoms with Gasteiger partial charge in [-0.25, -0.2) is 0 Å². The van der Waals surface area contributed by atoms with Gasteiger partial charge in [0, 0.05) is 19.2 Å². The lowest BCUT2D eigenvalue weighted by Crippen LogP contribution is -2.55. The van der Waals surface area contributed by atoms with E-state index < -0.39 is 15.7 Å². The lowest BCUT2D eigenvalue weighted by Gasteiger charge is -2.36. The molecule has 1 fully saturated rings. The van der Waals surface area contributed by atoms with E-state index in [-0.39, 0.29) is 12.1 Å². The number of methoxy groups -OCH3 is 1. The molecule has 2 aliphatic rings. The fourth-order valence-corrected chi connectivity index (χ4v) is 5.41. The molecule has 2 aromatic rings. The number of carbonyl (C=O) groups excluding carboxylic acids is 2. The first-order valence-corrected chi connectivity index (χ1v) is 10.6. The fourth-order valence-electron chi connectivity index (χ4n) is 4.79. The Kier molecular flexibility index (Phi) is 5.28. The maximum atomic E-state index is 13.4. The van der Waals surface area contributed by atoms with Gasteiger partial charge in [0.15, 0.2) is 6.29 Å². The lowest BCUT2D eigenvalue weighted by molar-refractivity contribution is -0.138. The highest BCUT2D eigenvalue weighted by Crippen LogP contribution is 2.58. The summed E-state index contributed by atoms with van der Waals surface area (Å²) in [6.45, 7) is 0. The summed E-state index contributed by atoms with van der Waals surface area (Å²) in [5.41, 5.74) is 2.74. The smallest absolute Gasteiger partial charge is 0.254 e. The Labute approximate surface area is 187 Å². The number of aldehydes is 1. The molecule has 0 radical (unpaired) electrons. The Hall–Kier alpha value is -2.16. The number of hydrogen-bond donors (Lipinski definition) is 3. The quantitative estimate of drug-likeness (QED) is 0.377. The van der Waals surface area contributed by atoms with E-state index in [2.05, 4.69) is 30.1 Å². The highest BCUT2D eigenvalue weighted by atomic mass is 32.1. The molecule has 0 aromatic heterocycles. The second kappa shape index (κ2) is 7.51. The van der Waals surface area contributed by atoms with E-state index in [1.54, 1.807) is 14.2 Å². The third-order valence-electron chi connectivity index (χ3n) is 6.45. The van der Waals surface area contributed by atoms with Crippen LogP contribution in [0.2, 0.25) is 0 Å². The molecular weight excluding hydrogens is 418 g/mol. The number of nitrogens with one attached hydrogen (secondary N) is 1. The van der Waals surface area contributed by atoms with Gasteiger partial charge in [-0.15, -0.1) is 25.3 Å². The van der Waals surface area contributed by atoms with E-state index in [4.69, 9.17) is 17.4 Å². The maximum absolute atomic E-state index is 13.4. The first kappa shape index (κ1) is 21.1. The molecule has 1 unspecified atom stereocenters. The number of likely N-dealkylation sites (N-methyl/N-ethyl adjacent to an activating group) is 2. The summed E-state index contributed by atoms with van der Waals surface area (Å²) < 4.78 is 5.34. The monoisotopic (exact) mass is 443 g/mol. The Morgan fingerprint density at radius 1 is 1.30 bits per heavy atom. The zero-order chi connectivity index (χ0) is 21.7. The zero-order valence-corrected chi connectivity index (χ0v) is 18.9. The molecule has 2 aromatic carbocycles. The maximum Gasteiger partial charge on any atom is 0.254 e. The highest BCUT2D eigenvalue weighted by Gasteiger charge is 2.65. The molecule has 6 nitrogen and oxygen atoms in total. The van der Waals surface area contributed by atoms with Gasteiger partial charge in [-0.1, -0.05) is 30.3 Å². The molecule has 4 atom stereocenters. The van der Waals surface area contributed by atoms with Crippen molar-refractivity contribution in [2.45, 2.75) is 28.2 Å². The van der Waals surface area contributed by atoms with Crippen LogP contribution in [0.25, 0.3) is 0 Å². The van der Waals surface area contributed by atoms with Crippen LogP contribution < -0.4 is 10.1 Å². The summed E-state index contributed by atoms with van der Waals surface area (Å²) in [5.74, 6) is 0.510. The Bertz CT molecular complexity index is 986. The van der Waals surface area contributed by atoms with E-state index in [0.717, 1.165) is 22.6 Å². The average molecular weight is 444 g/mol. The number of ether oxygens (including phenoxy) is 1. The molecule has 0 spiro atoms. The number of hydrogen-bond acceptors (Lipinski definition) is 7. The van der Waals surface area contributed by atoms with Crippen LogP contribution in [0, 0.1) is 0 Å². The summed E-state index contributed by atoms with van der Waals surface area (Å²) >= 11 is 9.12. The van der Waals surface area contributed by atoms with Gasteiger partial charge in [-0.2, -0.15) is 0 Å². The minimum Gasteiger partial charge on any atom is -0.497 e. The molecule has 2 aliphatic heterocycles. The van der Waals surface area contributed by atoms with Crippen molar-refractivity contribution in [2.75, 3.05) is 26.5 Å². The van der Waals surface area contributed by atoms with Crippen LogP contribution in [0.4, 0.5) is 5.69 Å². The van der Waals surface area contributed by atoms with Gasteiger partial charge >= 0.3 is 0 Å². The largest absolute Gasteiger partial charge is 0.497 e. The molecule has 4 rings (SSSR count). The Balaban J connectivity index is 1.85. The standard InChI is InChI=1S/C22H25N3O3S2/c1-24(18(29)12-26)20(27)22(30)13-21(14-8-10-15(28-3)11-9-14)16-6-4-5-7-17(16)23-19(21)25(22)2/h4-12,18-19,23,29-30H,13H2,1-3H3/t18?,19-,21+,22+/m1/s1. The molecule has 2 heterocycles. The van der Waals surface area contributed by atoms with Crippen LogP contribution in [0.3, 0.4) is 0 Å². The van der Waals surface area contributed by atoms with Crippen molar-refractivity contribution in [1.82, 2.24) is 9.80 Å². The average Bonchev–Trinajstić information content (AvgIpc) is 3.22. The number of likely N-dealkylation sites (tertiary alicyclic amines) is 1. The van der Waals surface area contributed by atoms with E-state index in [0.29, 0.717) is 12.7 Å². The van der Waals surface area contributed by atoms with Crippen LogP contribution >= 0.6 is 25.3 Å². The number of thiol groups is 2. The second-order valence-electron chi connectivity index (χ2n) is 7.86. The number of benzene rings is 2. The minimum absolute atomic E-state index is 0.187. The van der Waals surface area contributed by atoms with Crippen LogP contribution in [-0.4, -0.2) is 59.6 Å². The Morgan fingerprint density at radius 2 is 1.97 bits per heavy atom. The van der Waals surface area contributed by atoms with E-state index in [9.17, 15) is 9.59 Å². The first-order valence-electron chi connectivity index (χ1n) is 9.66. The summed E-state index contributed by atoms with van der Waals surface area (Å²) in [6.07, 6.45) is 0.886. The van der Waals surface area contributed by atoms with Gasteiger partial charge in [0.25, 0.3) is 5.91 Å². The summed E-state index contributed by atoms with van der Waals surface area (Å²) in [7, 11) is 5.11. The predicted molar refractivity (Wildman–Crippen MR) is 123 cm³/mol. The van der Waals surface area contributed by atoms with Crippen LogP contribution in [0.1, 0.15) is 17.5 Å². The van der Waals surface area contributed by atoms with Gasteiger partial charge < -0.3 is 19.7 Å². The Morgan fingerprint density at radius 3 is 2.60 bits per heavy atom. The van der Waals surface area contributed by atoms with Gasteiger partial charge in [0.05, 0.1) is 18.7 Å². The lowest BCUT2D eigenvalue weighted by atomic mass is 9.72. The number of carbonyl (C=O) groups is 2. The number of amides is 1. The number of anilines is 1. The molecular formula is C22H25N3O3S2. The van der Waals surface area contributed by atoms with Gasteiger partial charge in [-0.3, -0.25) is 9.69 Å². The second-order valence-corrected chi connectivity index (χ2v) is 9.13. The van der Waals surface area contributed by atoms with Crippen LogP contribution in [0.5, 0.6) is 5.75 Å². The van der Waals surface area contributed by atoms with Gasteiger partial charge in [-0.05, 0) is 36.4 Å². The molecule has 30 heavy (non-hydrogen) atoms. The van der Waals surface area contributed by atoms with Crippen LogP contribution in [0.15, 0.2) is 48.5 Å². The molecule has 0 bridgehead atoms. The summed E-state index contributed by atoms with van der Waals surface area (Å²) in [4.78, 5) is 26.9. The molecule has 0 aliphatic carbocycles. The van der Waals surface area contributed by atoms with Gasteiger partial charge in [0.1, 0.15) is 16.0 Å². The van der Waals surface area contributed by atoms with Crippen molar-refractivity contribution in [2.24, 2.45) is 0 Å². The first-order chi connectivity index (χ1) is 14.3. The predicted octanol–water partition coefficient (Wildman–Crippen LogP) is 2.61. The third-order valence-corrected chi connectivity index (χ3v) is 7.58. The van der Waals surface area contributed by atoms with Crippen molar-refractivity contribution in [1.29, 1.82) is 0 Å². The third kappa shape index (κ3) is 2.85. The molecule has 0 saturated carbocycles. The van der Waals surface area contributed by atoms with E-state index >= 15 is 0 Å². The molecule has 1 saturated heterocycles. The summed E-state index contributed by atoms with van der Waals surface area (Å²) in [6, 6.07) is 16.1. The minimum atomic E-state index is -1.12. The normalized spacial score (nSPS) is 28.2. The van der Waals surface area contributed by atoms with E-state index in [1.165, 1.54) is 4.90 Å². The SMILES string of the molecule is COc1ccc([C@]23C[C@](S)(C(=O)N(C)C(S)C=O)N(C)[C@H]2Nc2ccccc23)cc1. The molecule has 1 N–H and O–H groups in total. The van der Waals surface area contributed by atoms with Crippen molar-refractivity contribution < 1.29 is 14.3 Å².